The number of likely N-dealkylation sites (tertiary alicyclic amines) is 1. The van der Waals surface area contributed by atoms with E-state index in [2.05, 4.69) is 11.8 Å². The van der Waals surface area contributed by atoms with E-state index in [9.17, 15) is 14.7 Å². The van der Waals surface area contributed by atoms with Crippen molar-refractivity contribution in [2.45, 2.75) is 32.3 Å². The topological polar surface area (TPSA) is 66.8 Å². The molecule has 0 atom stereocenters. The molecule has 6 heteroatoms. The highest BCUT2D eigenvalue weighted by atomic mass is 35.5. The maximum absolute atomic E-state index is 11.6. The summed E-state index contributed by atoms with van der Waals surface area (Å²) in [5.74, 6) is -1.51. The van der Waals surface area contributed by atoms with Crippen molar-refractivity contribution in [1.29, 1.82) is 0 Å². The molecule has 2 heterocycles. The van der Waals surface area contributed by atoms with Gasteiger partial charge in [0.2, 0.25) is 0 Å². The predicted octanol–water partition coefficient (Wildman–Crippen LogP) is 1.22. The van der Waals surface area contributed by atoms with Crippen LogP contribution in [0.1, 0.15) is 26.7 Å². The Bertz CT molecular complexity index is 397. The second-order valence-corrected chi connectivity index (χ2v) is 4.62. The summed E-state index contributed by atoms with van der Waals surface area (Å²) in [7, 11) is 0. The summed E-state index contributed by atoms with van der Waals surface area (Å²) in [6, 6.07) is 0. The third-order valence-electron chi connectivity index (χ3n) is 3.75. The number of piperidine rings is 1. The lowest BCUT2D eigenvalue weighted by molar-refractivity contribution is -0.151. The van der Waals surface area contributed by atoms with Crippen molar-refractivity contribution in [2.24, 2.45) is 0 Å². The first-order valence-corrected chi connectivity index (χ1v) is 5.90. The van der Waals surface area contributed by atoms with Gasteiger partial charge in [-0.25, -0.2) is 9.59 Å². The molecule has 102 valence electrons. The van der Waals surface area contributed by atoms with Crippen LogP contribution >= 0.6 is 12.4 Å². The summed E-state index contributed by atoms with van der Waals surface area (Å²) in [4.78, 5) is 25.1. The first-order chi connectivity index (χ1) is 8.00. The van der Waals surface area contributed by atoms with E-state index in [1.54, 1.807) is 0 Å². The molecule has 1 fully saturated rings. The van der Waals surface area contributed by atoms with E-state index >= 15 is 0 Å². The number of aliphatic carboxylic acids is 1. The number of rotatable bonds is 2. The van der Waals surface area contributed by atoms with Crippen LogP contribution in [-0.4, -0.2) is 47.2 Å². The van der Waals surface area contributed by atoms with Crippen LogP contribution in [0.2, 0.25) is 0 Å². The van der Waals surface area contributed by atoms with Gasteiger partial charge in [-0.15, -0.1) is 12.4 Å². The van der Waals surface area contributed by atoms with Crippen LogP contribution in [0.4, 0.5) is 0 Å². The molecule has 5 nitrogen and oxygen atoms in total. The zero-order valence-corrected chi connectivity index (χ0v) is 11.4. The van der Waals surface area contributed by atoms with E-state index in [0.717, 1.165) is 19.6 Å². The highest BCUT2D eigenvalue weighted by molar-refractivity contribution is 6.04. The van der Waals surface area contributed by atoms with E-state index in [-0.39, 0.29) is 23.6 Å². The summed E-state index contributed by atoms with van der Waals surface area (Å²) in [6.45, 7) is 6.08. The smallest absolute Gasteiger partial charge is 0.336 e. The predicted molar refractivity (Wildman–Crippen MR) is 67.8 cm³/mol. The average Bonchev–Trinajstić information content (AvgIpc) is 2.52. The van der Waals surface area contributed by atoms with Gasteiger partial charge < -0.3 is 14.7 Å². The third-order valence-corrected chi connectivity index (χ3v) is 3.75. The minimum atomic E-state index is -1.03. The van der Waals surface area contributed by atoms with E-state index in [4.69, 9.17) is 4.74 Å². The Kier molecular flexibility index (Phi) is 4.40. The maximum Gasteiger partial charge on any atom is 0.336 e. The van der Waals surface area contributed by atoms with E-state index < -0.39 is 17.5 Å². The Morgan fingerprint density at radius 1 is 1.44 bits per heavy atom. The van der Waals surface area contributed by atoms with Crippen molar-refractivity contribution in [2.75, 3.05) is 19.6 Å². The molecule has 1 spiro atoms. The number of nitrogens with zero attached hydrogens (tertiary/aromatic N) is 1. The maximum atomic E-state index is 11.6. The standard InChI is InChI=1S/C12H17NO4.ClH/c1-3-13-6-4-12(5-7-13)9(10(14)15)8(2)11(16)17-12;/h3-7H2,1-2H3,(H,14,15);1H. The zero-order valence-electron chi connectivity index (χ0n) is 10.6. The lowest BCUT2D eigenvalue weighted by atomic mass is 9.83. The fraction of sp³-hybridized carbons (Fsp3) is 0.667. The zero-order chi connectivity index (χ0) is 12.6. The molecule has 0 aromatic heterocycles. The third kappa shape index (κ3) is 2.24. The largest absolute Gasteiger partial charge is 0.478 e. The highest BCUT2D eigenvalue weighted by Gasteiger charge is 2.50. The lowest BCUT2D eigenvalue weighted by Gasteiger charge is -2.38. The number of hydrogen-bond donors (Lipinski definition) is 1. The van der Waals surface area contributed by atoms with Crippen LogP contribution in [0.25, 0.3) is 0 Å². The molecule has 0 bridgehead atoms. The fourth-order valence-electron chi connectivity index (χ4n) is 2.69. The molecule has 0 saturated carbocycles. The van der Waals surface area contributed by atoms with Crippen molar-refractivity contribution in [3.8, 4) is 0 Å². The summed E-state index contributed by atoms with van der Waals surface area (Å²) < 4.78 is 5.35. The number of halogens is 1. The first kappa shape index (κ1) is 15.0. The minimum Gasteiger partial charge on any atom is -0.478 e. The van der Waals surface area contributed by atoms with Gasteiger partial charge in [-0.2, -0.15) is 0 Å². The molecule has 0 unspecified atom stereocenters. The van der Waals surface area contributed by atoms with Gasteiger partial charge in [0.15, 0.2) is 0 Å². The molecule has 18 heavy (non-hydrogen) atoms. The summed E-state index contributed by atoms with van der Waals surface area (Å²) in [5.41, 5.74) is -0.459. The van der Waals surface area contributed by atoms with Crippen LogP contribution in [-0.2, 0) is 14.3 Å². The van der Waals surface area contributed by atoms with Crippen molar-refractivity contribution in [1.82, 2.24) is 4.90 Å². The molecule has 0 aliphatic carbocycles. The van der Waals surface area contributed by atoms with Gasteiger partial charge in [0.1, 0.15) is 5.60 Å². The monoisotopic (exact) mass is 275 g/mol. The van der Waals surface area contributed by atoms with Crippen molar-refractivity contribution in [3.05, 3.63) is 11.1 Å². The molecule has 2 aliphatic rings. The molecule has 0 aromatic rings. The van der Waals surface area contributed by atoms with Gasteiger partial charge in [0.25, 0.3) is 0 Å². The Hall–Kier alpha value is -1.07. The number of carboxylic acid groups (broad SMARTS) is 1. The molecule has 2 aliphatic heterocycles. The average molecular weight is 276 g/mol. The van der Waals surface area contributed by atoms with Gasteiger partial charge in [-0.1, -0.05) is 6.92 Å². The Morgan fingerprint density at radius 3 is 2.44 bits per heavy atom. The normalized spacial score (nSPS) is 22.9. The van der Waals surface area contributed by atoms with E-state index in [1.165, 1.54) is 6.92 Å². The summed E-state index contributed by atoms with van der Waals surface area (Å²) >= 11 is 0. The Morgan fingerprint density at radius 2 is 2.00 bits per heavy atom. The molecule has 2 rings (SSSR count). The second-order valence-electron chi connectivity index (χ2n) is 4.62. The van der Waals surface area contributed by atoms with Crippen LogP contribution in [0.15, 0.2) is 11.1 Å². The van der Waals surface area contributed by atoms with Crippen LogP contribution in [0, 0.1) is 0 Å². The number of carbonyl (C=O) groups is 2. The Balaban J connectivity index is 0.00000162. The van der Waals surface area contributed by atoms with Crippen molar-refractivity contribution in [3.63, 3.8) is 0 Å². The molecule has 0 aromatic carbocycles. The second kappa shape index (κ2) is 5.28. The molecule has 1 saturated heterocycles. The molecule has 0 radical (unpaired) electrons. The lowest BCUT2D eigenvalue weighted by Crippen LogP contribution is -2.47. The van der Waals surface area contributed by atoms with E-state index in [0.29, 0.717) is 12.8 Å². The fourth-order valence-corrected chi connectivity index (χ4v) is 2.69. The van der Waals surface area contributed by atoms with Gasteiger partial charge in [0.05, 0.1) is 5.57 Å². The van der Waals surface area contributed by atoms with Gasteiger partial charge in [-0.3, -0.25) is 0 Å². The first-order valence-electron chi connectivity index (χ1n) is 5.90. The highest BCUT2D eigenvalue weighted by Crippen LogP contribution is 2.40. The van der Waals surface area contributed by atoms with Crippen LogP contribution in [0.5, 0.6) is 0 Å². The van der Waals surface area contributed by atoms with Crippen LogP contribution < -0.4 is 0 Å². The molecule has 0 amide bonds. The van der Waals surface area contributed by atoms with E-state index in [1.807, 2.05) is 0 Å². The van der Waals surface area contributed by atoms with Gasteiger partial charge >= 0.3 is 11.9 Å². The van der Waals surface area contributed by atoms with Crippen LogP contribution in [0.3, 0.4) is 0 Å². The van der Waals surface area contributed by atoms with Crippen molar-refractivity contribution < 1.29 is 19.4 Å². The Labute approximate surface area is 112 Å². The number of esters is 1. The molecular formula is C12H18ClNO4. The van der Waals surface area contributed by atoms with Gasteiger partial charge in [0, 0.05) is 31.5 Å². The number of carboxylic acids is 1. The quantitative estimate of drug-likeness (QED) is 0.768. The SMILES string of the molecule is CCN1CCC2(CC1)OC(=O)C(C)=C2C(=O)O.Cl. The molecule has 1 N–H and O–H groups in total. The number of carbonyl (C=O) groups excluding carboxylic acids is 1. The number of hydrogen-bond acceptors (Lipinski definition) is 4. The van der Waals surface area contributed by atoms with Crippen molar-refractivity contribution >= 4 is 24.3 Å². The number of ether oxygens (including phenoxy) is 1. The molecular weight excluding hydrogens is 258 g/mol. The minimum absolute atomic E-state index is 0. The van der Waals surface area contributed by atoms with Gasteiger partial charge in [-0.05, 0) is 13.5 Å². The summed E-state index contributed by atoms with van der Waals surface area (Å²) in [6.07, 6.45) is 1.15. The summed E-state index contributed by atoms with van der Waals surface area (Å²) in [5, 5.41) is 9.24.